The van der Waals surface area contributed by atoms with Crippen molar-refractivity contribution in [3.8, 4) is 0 Å². The van der Waals surface area contributed by atoms with Crippen molar-refractivity contribution in [2.45, 2.75) is 51.6 Å². The van der Waals surface area contributed by atoms with Gasteiger partial charge in [-0.3, -0.25) is 4.79 Å². The van der Waals surface area contributed by atoms with Crippen LogP contribution in [0.1, 0.15) is 32.8 Å². The van der Waals surface area contributed by atoms with Gasteiger partial charge >= 0.3 is 6.18 Å². The smallest absolute Gasteiger partial charge is 0.388 e. The number of nitrogens with one attached hydrogen (secondary N) is 1. The Morgan fingerprint density at radius 1 is 1.28 bits per heavy atom. The number of carbonyl (C=O) groups is 1. The first-order chi connectivity index (χ1) is 14.9. The van der Waals surface area contributed by atoms with Crippen LogP contribution in [0.4, 0.5) is 13.2 Å². The number of carbonyl (C=O) groups excluding carboxylic acids is 1. The summed E-state index contributed by atoms with van der Waals surface area (Å²) in [4.78, 5) is 15.0. The van der Waals surface area contributed by atoms with E-state index in [0.717, 1.165) is 34.4 Å². The fraction of sp³-hybridized carbons (Fsp3) is 0.500. The van der Waals surface area contributed by atoms with Crippen molar-refractivity contribution in [2.75, 3.05) is 13.6 Å². The van der Waals surface area contributed by atoms with E-state index in [1.165, 1.54) is 13.1 Å². The van der Waals surface area contributed by atoms with E-state index in [1.807, 2.05) is 32.0 Å². The van der Waals surface area contributed by atoms with Crippen LogP contribution in [-0.2, 0) is 16.1 Å². The van der Waals surface area contributed by atoms with Gasteiger partial charge in [-0.05, 0) is 19.1 Å². The van der Waals surface area contributed by atoms with E-state index in [9.17, 15) is 18.0 Å². The third-order valence-electron chi connectivity index (χ3n) is 5.99. The minimum Gasteiger partial charge on any atom is -0.388 e. The SMILES string of the molecule is CNC1=CCC(C)(OC2C(=O)N(Cc3cccc4nsnc34)CC2(C)C)C=C1C(F)(F)F. The lowest BCUT2D eigenvalue weighted by Crippen LogP contribution is -2.43. The average molecular weight is 467 g/mol. The highest BCUT2D eigenvalue weighted by Gasteiger charge is 2.50. The maximum Gasteiger partial charge on any atom is 0.418 e. The molecule has 1 aliphatic carbocycles. The van der Waals surface area contributed by atoms with E-state index in [0.29, 0.717) is 13.1 Å². The molecule has 1 aromatic carbocycles. The molecule has 2 heterocycles. The third-order valence-corrected chi connectivity index (χ3v) is 6.53. The van der Waals surface area contributed by atoms with Crippen LogP contribution in [0.3, 0.4) is 0 Å². The normalized spacial score (nSPS) is 25.8. The molecule has 1 N–H and O–H groups in total. The lowest BCUT2D eigenvalue weighted by molar-refractivity contribution is -0.150. The Balaban J connectivity index is 1.58. The highest BCUT2D eigenvalue weighted by Crippen LogP contribution is 2.42. The van der Waals surface area contributed by atoms with Crippen LogP contribution in [0.2, 0.25) is 0 Å². The van der Waals surface area contributed by atoms with Crippen molar-refractivity contribution in [3.63, 3.8) is 0 Å². The van der Waals surface area contributed by atoms with Crippen LogP contribution in [0.25, 0.3) is 11.0 Å². The summed E-state index contributed by atoms with van der Waals surface area (Å²) in [5, 5.41) is 2.60. The number of fused-ring (bicyclic) bond motifs is 1. The molecule has 1 aromatic heterocycles. The Kier molecular flexibility index (Phi) is 5.57. The zero-order chi connectivity index (χ0) is 23.3. The molecule has 2 aromatic rings. The van der Waals surface area contributed by atoms with E-state index in [4.69, 9.17) is 4.74 Å². The predicted octanol–water partition coefficient (Wildman–Crippen LogP) is 4.20. The minimum absolute atomic E-state index is 0.0159. The number of hydrogen-bond acceptors (Lipinski definition) is 6. The Labute approximate surface area is 188 Å². The van der Waals surface area contributed by atoms with Gasteiger partial charge in [0.15, 0.2) is 0 Å². The van der Waals surface area contributed by atoms with Gasteiger partial charge in [0, 0.05) is 43.2 Å². The molecule has 1 amide bonds. The maximum atomic E-state index is 13.6. The van der Waals surface area contributed by atoms with Gasteiger partial charge in [-0.25, -0.2) is 0 Å². The summed E-state index contributed by atoms with van der Waals surface area (Å²) in [6, 6.07) is 5.64. The molecule has 1 saturated heterocycles. The van der Waals surface area contributed by atoms with Crippen molar-refractivity contribution >= 4 is 28.7 Å². The number of likely N-dealkylation sites (N-methyl/N-ethyl adjacent to an activating group) is 1. The van der Waals surface area contributed by atoms with Gasteiger partial charge < -0.3 is 15.0 Å². The second-order valence-corrected chi connectivity index (χ2v) is 9.70. The number of likely N-dealkylation sites (tertiary alicyclic amines) is 1. The van der Waals surface area contributed by atoms with Crippen molar-refractivity contribution in [2.24, 2.45) is 5.41 Å². The monoisotopic (exact) mass is 466 g/mol. The van der Waals surface area contributed by atoms with Crippen molar-refractivity contribution in [3.05, 3.63) is 47.2 Å². The highest BCUT2D eigenvalue weighted by molar-refractivity contribution is 7.00. The molecule has 0 saturated carbocycles. The molecule has 1 fully saturated rings. The molecular weight excluding hydrogens is 441 g/mol. The number of benzene rings is 1. The minimum atomic E-state index is -4.53. The summed E-state index contributed by atoms with van der Waals surface area (Å²) in [6.45, 7) is 6.16. The molecule has 0 spiro atoms. The van der Waals surface area contributed by atoms with Crippen molar-refractivity contribution in [1.82, 2.24) is 19.0 Å². The van der Waals surface area contributed by atoms with Crippen molar-refractivity contribution in [1.29, 1.82) is 0 Å². The summed E-state index contributed by atoms with van der Waals surface area (Å²) >= 11 is 1.12. The van der Waals surface area contributed by atoms with E-state index in [-0.39, 0.29) is 18.0 Å². The lowest BCUT2D eigenvalue weighted by atomic mass is 9.86. The molecule has 172 valence electrons. The molecule has 32 heavy (non-hydrogen) atoms. The number of aromatic nitrogens is 2. The summed E-state index contributed by atoms with van der Waals surface area (Å²) in [6.07, 6.45) is -2.60. The molecule has 0 radical (unpaired) electrons. The van der Waals surface area contributed by atoms with Crippen LogP contribution < -0.4 is 5.32 Å². The lowest BCUT2D eigenvalue weighted by Gasteiger charge is -2.36. The third kappa shape index (κ3) is 4.13. The number of hydrogen-bond donors (Lipinski definition) is 1. The van der Waals surface area contributed by atoms with Gasteiger partial charge in [0.05, 0.1) is 22.9 Å². The van der Waals surface area contributed by atoms with E-state index in [2.05, 4.69) is 14.1 Å². The molecular formula is C22H25F3N4O2S. The Bertz CT molecular complexity index is 1110. The topological polar surface area (TPSA) is 67.3 Å². The van der Waals surface area contributed by atoms with Crippen LogP contribution in [0.15, 0.2) is 41.6 Å². The standard InChI is InChI=1S/C22H25F3N4O2S/c1-20(2)12-29(11-13-6-5-7-16-17(13)28-32-27-16)19(30)18(20)31-21(3)9-8-15(26-4)14(10-21)22(23,24)25/h5-8,10,18,26H,9,11-12H2,1-4H3. The molecule has 6 nitrogen and oxygen atoms in total. The van der Waals surface area contributed by atoms with Crippen LogP contribution in [-0.4, -0.2) is 51.0 Å². The van der Waals surface area contributed by atoms with Crippen molar-refractivity contribution < 1.29 is 22.7 Å². The fourth-order valence-corrected chi connectivity index (χ4v) is 4.94. The van der Waals surface area contributed by atoms with Gasteiger partial charge in [0.25, 0.3) is 5.91 Å². The van der Waals surface area contributed by atoms with Crippen LogP contribution >= 0.6 is 11.7 Å². The number of amides is 1. The number of rotatable bonds is 5. The Morgan fingerprint density at radius 2 is 2.03 bits per heavy atom. The molecule has 4 rings (SSSR count). The van der Waals surface area contributed by atoms with Gasteiger partial charge in [-0.2, -0.15) is 21.9 Å². The molecule has 0 bridgehead atoms. The second-order valence-electron chi connectivity index (χ2n) is 9.17. The summed E-state index contributed by atoms with van der Waals surface area (Å²) in [5.41, 5.74) is -0.179. The summed E-state index contributed by atoms with van der Waals surface area (Å²) < 4.78 is 55.5. The molecule has 2 unspecified atom stereocenters. The molecule has 2 aliphatic rings. The number of allylic oxidation sites excluding steroid dienone is 1. The van der Waals surface area contributed by atoms with Crippen LogP contribution in [0, 0.1) is 5.41 Å². The van der Waals surface area contributed by atoms with Gasteiger partial charge in [0.1, 0.15) is 17.1 Å². The first-order valence-electron chi connectivity index (χ1n) is 10.3. The van der Waals surface area contributed by atoms with E-state index >= 15 is 0 Å². The first-order valence-corrected chi connectivity index (χ1v) is 11.0. The Morgan fingerprint density at radius 3 is 2.72 bits per heavy atom. The quantitative estimate of drug-likeness (QED) is 0.716. The summed E-state index contributed by atoms with van der Waals surface area (Å²) in [5.74, 6) is -0.234. The Hall–Kier alpha value is -2.46. The van der Waals surface area contributed by atoms with Gasteiger partial charge in [0.2, 0.25) is 0 Å². The number of nitrogens with zero attached hydrogens (tertiary/aromatic N) is 3. The average Bonchev–Trinajstić information content (AvgIpc) is 3.27. The van der Waals surface area contributed by atoms with Gasteiger partial charge in [-0.15, -0.1) is 0 Å². The summed E-state index contributed by atoms with van der Waals surface area (Å²) in [7, 11) is 1.45. The zero-order valence-electron chi connectivity index (χ0n) is 18.3. The van der Waals surface area contributed by atoms with E-state index in [1.54, 1.807) is 11.8 Å². The molecule has 1 aliphatic heterocycles. The van der Waals surface area contributed by atoms with E-state index < -0.39 is 28.9 Å². The first kappa shape index (κ1) is 22.7. The number of halogens is 3. The molecule has 2 atom stereocenters. The number of ether oxygens (including phenoxy) is 1. The largest absolute Gasteiger partial charge is 0.418 e. The second kappa shape index (κ2) is 7.84. The highest BCUT2D eigenvalue weighted by atomic mass is 32.1. The maximum absolute atomic E-state index is 13.6. The van der Waals surface area contributed by atoms with Crippen LogP contribution in [0.5, 0.6) is 0 Å². The molecule has 10 heteroatoms. The fourth-order valence-electron chi connectivity index (χ4n) is 4.37. The zero-order valence-corrected chi connectivity index (χ0v) is 19.1. The number of alkyl halides is 3. The predicted molar refractivity (Wildman–Crippen MR) is 116 cm³/mol. The van der Waals surface area contributed by atoms with Gasteiger partial charge in [-0.1, -0.05) is 32.1 Å².